The summed E-state index contributed by atoms with van der Waals surface area (Å²) in [6.45, 7) is 2.27. The Morgan fingerprint density at radius 1 is 0.833 bits per heavy atom. The predicted molar refractivity (Wildman–Crippen MR) is 103 cm³/mol. The summed E-state index contributed by atoms with van der Waals surface area (Å²) >= 11 is 0. The van der Waals surface area contributed by atoms with Gasteiger partial charge in [-0.3, -0.25) is 9.79 Å². The lowest BCUT2D eigenvalue weighted by atomic mass is 10.0. The Morgan fingerprint density at radius 3 is 1.75 bits per heavy atom. The second-order valence-corrected chi connectivity index (χ2v) is 7.16. The first-order chi connectivity index (χ1) is 11.7. The number of hydrogen-bond acceptors (Lipinski definition) is 3. The monoisotopic (exact) mass is 335 g/mol. The average molecular weight is 336 g/mol. The van der Waals surface area contributed by atoms with E-state index in [4.69, 9.17) is 0 Å². The predicted octanol–water partition coefficient (Wildman–Crippen LogP) is 6.67. The molecule has 0 atom stereocenters. The van der Waals surface area contributed by atoms with Crippen LogP contribution in [0, 0.1) is 0 Å². The number of aliphatic hydroxyl groups excluding tert-OH is 1. The number of carbonyl (C=O) groups is 1. The Morgan fingerprint density at radius 2 is 1.29 bits per heavy atom. The molecule has 1 rings (SSSR count). The molecule has 0 aliphatic carbocycles. The van der Waals surface area contributed by atoms with Gasteiger partial charge in [-0.05, 0) is 12.8 Å². The van der Waals surface area contributed by atoms with Gasteiger partial charge in [0, 0.05) is 5.71 Å². The Hall–Kier alpha value is -1.12. The highest BCUT2D eigenvalue weighted by Crippen LogP contribution is 2.15. The second-order valence-electron chi connectivity index (χ2n) is 7.16. The van der Waals surface area contributed by atoms with E-state index in [-0.39, 0.29) is 11.5 Å². The first-order valence-electron chi connectivity index (χ1n) is 10.2. The van der Waals surface area contributed by atoms with Crippen LogP contribution >= 0.6 is 0 Å². The quantitative estimate of drug-likeness (QED) is 0.340. The number of ketones is 1. The van der Waals surface area contributed by atoms with Crippen molar-refractivity contribution in [1.29, 1.82) is 0 Å². The van der Waals surface area contributed by atoms with Gasteiger partial charge in [-0.15, -0.1) is 0 Å². The van der Waals surface area contributed by atoms with Gasteiger partial charge in [-0.2, -0.15) is 0 Å². The molecule has 0 bridgehead atoms. The van der Waals surface area contributed by atoms with Crippen LogP contribution in [-0.2, 0) is 4.79 Å². The standard InChI is InChI=1S/C21H37NO2/c1-2-3-4-5-6-7-8-9-10-11-12-13-14-15-16-19-17-20(23)21(24)18-22-19/h18,24H,2-17H2,1H3. The third-order valence-corrected chi connectivity index (χ3v) is 4.84. The topological polar surface area (TPSA) is 49.7 Å². The maximum Gasteiger partial charge on any atom is 0.204 e. The fourth-order valence-corrected chi connectivity index (χ4v) is 3.22. The fraction of sp³-hybridized carbons (Fsp3) is 0.810. The number of Topliss-reactive ketones (excluding diaryl/α,β-unsaturated/α-hetero) is 1. The summed E-state index contributed by atoms with van der Waals surface area (Å²) in [7, 11) is 0. The lowest BCUT2D eigenvalue weighted by Gasteiger charge is -2.09. The molecule has 0 spiro atoms. The van der Waals surface area contributed by atoms with Crippen LogP contribution in [0.2, 0.25) is 0 Å². The van der Waals surface area contributed by atoms with E-state index in [1.54, 1.807) is 0 Å². The molecule has 138 valence electrons. The molecule has 0 amide bonds. The highest BCUT2D eigenvalue weighted by molar-refractivity contribution is 6.10. The highest BCUT2D eigenvalue weighted by Gasteiger charge is 2.15. The van der Waals surface area contributed by atoms with Crippen LogP contribution < -0.4 is 0 Å². The molecule has 0 fully saturated rings. The van der Waals surface area contributed by atoms with Crippen LogP contribution in [0.15, 0.2) is 17.0 Å². The summed E-state index contributed by atoms with van der Waals surface area (Å²) in [6, 6.07) is 0. The number of allylic oxidation sites excluding steroid dienone is 1. The van der Waals surface area contributed by atoms with Crippen molar-refractivity contribution < 1.29 is 9.90 Å². The number of aliphatic hydroxyl groups is 1. The molecule has 24 heavy (non-hydrogen) atoms. The minimum Gasteiger partial charge on any atom is -0.503 e. The molecule has 1 heterocycles. The molecule has 0 radical (unpaired) electrons. The van der Waals surface area contributed by atoms with Gasteiger partial charge in [-0.25, -0.2) is 0 Å². The zero-order valence-corrected chi connectivity index (χ0v) is 15.7. The Bertz CT molecular complexity index is 399. The van der Waals surface area contributed by atoms with E-state index >= 15 is 0 Å². The number of carbonyl (C=O) groups excluding carboxylic acids is 1. The smallest absolute Gasteiger partial charge is 0.204 e. The zero-order valence-electron chi connectivity index (χ0n) is 15.7. The van der Waals surface area contributed by atoms with Crippen molar-refractivity contribution in [3.63, 3.8) is 0 Å². The summed E-state index contributed by atoms with van der Waals surface area (Å²) in [6.07, 6.45) is 21.5. The van der Waals surface area contributed by atoms with Crippen LogP contribution in [0.1, 0.15) is 110 Å². The van der Waals surface area contributed by atoms with E-state index < -0.39 is 0 Å². The van der Waals surface area contributed by atoms with E-state index in [9.17, 15) is 9.90 Å². The van der Waals surface area contributed by atoms with Gasteiger partial charge >= 0.3 is 0 Å². The molecule has 0 aromatic rings. The Kier molecular flexibility index (Phi) is 12.4. The summed E-state index contributed by atoms with van der Waals surface area (Å²) < 4.78 is 0. The molecule has 0 aromatic carbocycles. The maximum absolute atomic E-state index is 11.4. The van der Waals surface area contributed by atoms with Crippen molar-refractivity contribution in [2.24, 2.45) is 4.99 Å². The molecule has 1 N–H and O–H groups in total. The first-order valence-corrected chi connectivity index (χ1v) is 10.2. The van der Waals surface area contributed by atoms with Crippen LogP contribution in [0.3, 0.4) is 0 Å². The second kappa shape index (κ2) is 14.2. The lowest BCUT2D eigenvalue weighted by Crippen LogP contribution is -2.13. The molecule has 0 unspecified atom stereocenters. The van der Waals surface area contributed by atoms with Gasteiger partial charge in [0.25, 0.3) is 0 Å². The van der Waals surface area contributed by atoms with Gasteiger partial charge in [0.15, 0.2) is 5.76 Å². The Balaban J connectivity index is 1.80. The number of hydrogen-bond donors (Lipinski definition) is 1. The van der Waals surface area contributed by atoms with E-state index in [2.05, 4.69) is 11.9 Å². The molecule has 1 aliphatic rings. The van der Waals surface area contributed by atoms with Crippen molar-refractivity contribution in [1.82, 2.24) is 0 Å². The van der Waals surface area contributed by atoms with Crippen molar-refractivity contribution in [3.05, 3.63) is 12.0 Å². The van der Waals surface area contributed by atoms with E-state index in [1.807, 2.05) is 0 Å². The van der Waals surface area contributed by atoms with Gasteiger partial charge in [0.1, 0.15) is 0 Å². The van der Waals surface area contributed by atoms with Gasteiger partial charge < -0.3 is 5.11 Å². The summed E-state index contributed by atoms with van der Waals surface area (Å²) in [4.78, 5) is 15.5. The number of nitrogens with zero attached hydrogens (tertiary/aromatic N) is 1. The molecule has 0 saturated heterocycles. The van der Waals surface area contributed by atoms with Crippen LogP contribution in [0.4, 0.5) is 0 Å². The normalized spacial score (nSPS) is 14.6. The molecule has 3 heteroatoms. The van der Waals surface area contributed by atoms with E-state index in [0.29, 0.717) is 6.42 Å². The van der Waals surface area contributed by atoms with E-state index in [0.717, 1.165) is 18.6 Å². The lowest BCUT2D eigenvalue weighted by molar-refractivity contribution is -0.117. The first kappa shape index (κ1) is 20.9. The number of aliphatic imine (C=N–C) groups is 1. The number of unbranched alkanes of at least 4 members (excludes halogenated alkanes) is 13. The van der Waals surface area contributed by atoms with Crippen molar-refractivity contribution in [2.45, 2.75) is 110 Å². The minimum atomic E-state index is -0.195. The summed E-state index contributed by atoms with van der Waals surface area (Å²) in [5.41, 5.74) is 0.928. The maximum atomic E-state index is 11.4. The molecular weight excluding hydrogens is 298 g/mol. The minimum absolute atomic E-state index is 0.189. The van der Waals surface area contributed by atoms with Gasteiger partial charge in [0.2, 0.25) is 5.78 Å². The van der Waals surface area contributed by atoms with Crippen molar-refractivity contribution in [2.75, 3.05) is 0 Å². The summed E-state index contributed by atoms with van der Waals surface area (Å²) in [5.74, 6) is -0.384. The summed E-state index contributed by atoms with van der Waals surface area (Å²) in [5, 5.41) is 9.19. The van der Waals surface area contributed by atoms with Crippen molar-refractivity contribution in [3.8, 4) is 0 Å². The van der Waals surface area contributed by atoms with Crippen molar-refractivity contribution >= 4 is 11.5 Å². The molecule has 0 saturated carbocycles. The fourth-order valence-electron chi connectivity index (χ4n) is 3.22. The third-order valence-electron chi connectivity index (χ3n) is 4.84. The zero-order chi connectivity index (χ0) is 17.5. The van der Waals surface area contributed by atoms with Gasteiger partial charge in [-0.1, -0.05) is 90.4 Å². The SMILES string of the molecule is CCCCCCCCCCCCCCCCC1=NC=C(O)C(=O)C1. The van der Waals surface area contributed by atoms with Crippen LogP contribution in [0.5, 0.6) is 0 Å². The van der Waals surface area contributed by atoms with Crippen LogP contribution in [-0.4, -0.2) is 16.6 Å². The Labute approximate surface area is 148 Å². The molecule has 1 aliphatic heterocycles. The molecule has 3 nitrogen and oxygen atoms in total. The van der Waals surface area contributed by atoms with Gasteiger partial charge in [0.05, 0.1) is 12.6 Å². The van der Waals surface area contributed by atoms with E-state index in [1.165, 1.54) is 89.7 Å². The number of rotatable bonds is 15. The highest BCUT2D eigenvalue weighted by atomic mass is 16.3. The molecular formula is C21H37NO2. The largest absolute Gasteiger partial charge is 0.503 e. The van der Waals surface area contributed by atoms with Crippen LogP contribution in [0.25, 0.3) is 0 Å². The average Bonchev–Trinajstić information content (AvgIpc) is 2.58. The third kappa shape index (κ3) is 10.6. The molecule has 0 aromatic heterocycles.